The Labute approximate surface area is 186 Å². The molecule has 0 spiro atoms. The number of benzene rings is 2. The van der Waals surface area contributed by atoms with Crippen LogP contribution in [0.5, 0.6) is 11.5 Å². The van der Waals surface area contributed by atoms with E-state index in [0.717, 1.165) is 12.0 Å². The third-order valence-corrected chi connectivity index (χ3v) is 5.00. The van der Waals surface area contributed by atoms with E-state index in [1.807, 2.05) is 55.5 Å². The van der Waals surface area contributed by atoms with Crippen molar-refractivity contribution in [3.8, 4) is 11.5 Å². The molecule has 0 bridgehead atoms. The normalized spacial score (nSPS) is 12.7. The lowest BCUT2D eigenvalue weighted by Crippen LogP contribution is -2.34. The molecule has 1 amide bonds. The zero-order valence-electron chi connectivity index (χ0n) is 17.9. The summed E-state index contributed by atoms with van der Waals surface area (Å²) in [6, 6.07) is 18.2. The molecule has 3 aromatic rings. The van der Waals surface area contributed by atoms with E-state index >= 15 is 0 Å². The van der Waals surface area contributed by atoms with Gasteiger partial charge in [0.15, 0.2) is 11.5 Å². The second-order valence-corrected chi connectivity index (χ2v) is 7.34. The van der Waals surface area contributed by atoms with E-state index in [1.54, 1.807) is 17.0 Å². The van der Waals surface area contributed by atoms with Crippen molar-refractivity contribution >= 4 is 17.7 Å². The Hall–Kier alpha value is -3.87. The summed E-state index contributed by atoms with van der Waals surface area (Å²) in [4.78, 5) is 27.1. The quantitative estimate of drug-likeness (QED) is 0.569. The molecule has 2 aromatic carbocycles. The zero-order valence-corrected chi connectivity index (χ0v) is 17.9. The van der Waals surface area contributed by atoms with Gasteiger partial charge in [0.1, 0.15) is 18.9 Å². The summed E-state index contributed by atoms with van der Waals surface area (Å²) in [5.41, 5.74) is 1.68. The molecule has 1 aliphatic rings. The van der Waals surface area contributed by atoms with Gasteiger partial charge >= 0.3 is 0 Å². The van der Waals surface area contributed by atoms with Crippen LogP contribution in [0, 0.1) is 0 Å². The first-order valence-electron chi connectivity index (χ1n) is 10.7. The average molecular weight is 431 g/mol. The highest BCUT2D eigenvalue weighted by molar-refractivity contribution is 6.05. The molecule has 0 saturated heterocycles. The number of carbonyl (C=O) groups is 1. The maximum absolute atomic E-state index is 13.5. The molecule has 4 rings (SSSR count). The highest BCUT2D eigenvalue weighted by Crippen LogP contribution is 2.34. The van der Waals surface area contributed by atoms with Crippen LogP contribution < -0.4 is 19.9 Å². The Morgan fingerprint density at radius 1 is 1.06 bits per heavy atom. The van der Waals surface area contributed by atoms with Crippen molar-refractivity contribution < 1.29 is 14.3 Å². The topological polar surface area (TPSA) is 73.7 Å². The average Bonchev–Trinajstić information content (AvgIpc) is 2.83. The van der Waals surface area contributed by atoms with E-state index in [2.05, 4.69) is 5.10 Å². The minimum Gasteiger partial charge on any atom is -0.486 e. The van der Waals surface area contributed by atoms with Gasteiger partial charge in [-0.05, 0) is 30.2 Å². The van der Waals surface area contributed by atoms with Gasteiger partial charge in [-0.2, -0.15) is 5.10 Å². The van der Waals surface area contributed by atoms with Crippen molar-refractivity contribution in [3.63, 3.8) is 0 Å². The number of carbonyl (C=O) groups excluding carboxylic acids is 1. The number of hydrogen-bond acceptors (Lipinski definition) is 5. The van der Waals surface area contributed by atoms with Crippen LogP contribution in [0.25, 0.3) is 6.08 Å². The molecule has 0 aliphatic carbocycles. The van der Waals surface area contributed by atoms with Crippen LogP contribution in [0.1, 0.15) is 29.4 Å². The highest BCUT2D eigenvalue weighted by atomic mass is 16.6. The van der Waals surface area contributed by atoms with Crippen LogP contribution in [0.4, 0.5) is 5.69 Å². The van der Waals surface area contributed by atoms with Crippen LogP contribution >= 0.6 is 0 Å². The Morgan fingerprint density at radius 3 is 2.62 bits per heavy atom. The standard InChI is InChI=1S/C25H25N3O4/c1-2-14-28-24(29)13-11-21(26-28)25(30)27(15-6-9-19-7-4-3-5-8-19)20-10-12-22-23(18-20)32-17-16-31-22/h3-13,18H,2,14-17H2,1H3/b9-6+. The maximum atomic E-state index is 13.5. The van der Waals surface area contributed by atoms with Crippen LogP contribution in [-0.2, 0) is 6.54 Å². The predicted molar refractivity (Wildman–Crippen MR) is 123 cm³/mol. The number of fused-ring (bicyclic) bond motifs is 1. The summed E-state index contributed by atoms with van der Waals surface area (Å²) >= 11 is 0. The second-order valence-electron chi connectivity index (χ2n) is 7.34. The van der Waals surface area contributed by atoms with Crippen molar-refractivity contribution in [2.24, 2.45) is 0 Å². The van der Waals surface area contributed by atoms with E-state index in [1.165, 1.54) is 16.8 Å². The molecule has 0 radical (unpaired) electrons. The van der Waals surface area contributed by atoms with E-state index in [-0.39, 0.29) is 17.2 Å². The highest BCUT2D eigenvalue weighted by Gasteiger charge is 2.22. The predicted octanol–water partition coefficient (Wildman–Crippen LogP) is 3.78. The number of anilines is 1. The molecule has 0 atom stereocenters. The molecular weight excluding hydrogens is 406 g/mol. The largest absolute Gasteiger partial charge is 0.486 e. The van der Waals surface area contributed by atoms with Gasteiger partial charge in [0.25, 0.3) is 11.5 Å². The van der Waals surface area contributed by atoms with E-state index in [0.29, 0.717) is 43.5 Å². The molecule has 1 aliphatic heterocycles. The second kappa shape index (κ2) is 9.96. The van der Waals surface area contributed by atoms with Gasteiger partial charge in [-0.1, -0.05) is 49.4 Å². The number of ether oxygens (including phenoxy) is 2. The Bertz CT molecular complexity index is 1170. The van der Waals surface area contributed by atoms with Gasteiger partial charge in [-0.3, -0.25) is 9.59 Å². The van der Waals surface area contributed by atoms with E-state index in [4.69, 9.17) is 9.47 Å². The fourth-order valence-electron chi connectivity index (χ4n) is 3.44. The molecule has 0 saturated carbocycles. The number of hydrogen-bond donors (Lipinski definition) is 0. The molecule has 0 unspecified atom stereocenters. The Balaban J connectivity index is 1.67. The van der Waals surface area contributed by atoms with Gasteiger partial charge in [-0.25, -0.2) is 4.68 Å². The van der Waals surface area contributed by atoms with Gasteiger partial charge in [0, 0.05) is 30.9 Å². The van der Waals surface area contributed by atoms with Crippen LogP contribution in [0.2, 0.25) is 0 Å². The molecule has 32 heavy (non-hydrogen) atoms. The smallest absolute Gasteiger partial charge is 0.279 e. The van der Waals surface area contributed by atoms with E-state index in [9.17, 15) is 9.59 Å². The van der Waals surface area contributed by atoms with Crippen LogP contribution in [0.3, 0.4) is 0 Å². The first-order valence-corrected chi connectivity index (χ1v) is 10.7. The number of amides is 1. The third-order valence-electron chi connectivity index (χ3n) is 5.00. The van der Waals surface area contributed by atoms with Crippen LogP contribution in [-0.4, -0.2) is 35.4 Å². The molecule has 0 fully saturated rings. The Morgan fingerprint density at radius 2 is 1.84 bits per heavy atom. The Kier molecular flexibility index (Phi) is 6.65. The van der Waals surface area contributed by atoms with Crippen molar-refractivity contribution in [1.82, 2.24) is 9.78 Å². The molecule has 164 valence electrons. The molecule has 7 nitrogen and oxygen atoms in total. The zero-order chi connectivity index (χ0) is 22.3. The first kappa shape index (κ1) is 21.4. The van der Waals surface area contributed by atoms with Crippen molar-refractivity contribution in [2.75, 3.05) is 24.7 Å². The molecular formula is C25H25N3O4. The number of aromatic nitrogens is 2. The summed E-state index contributed by atoms with van der Waals surface area (Å²) in [6.07, 6.45) is 4.63. The monoisotopic (exact) mass is 431 g/mol. The van der Waals surface area contributed by atoms with Crippen molar-refractivity contribution in [1.29, 1.82) is 0 Å². The molecule has 1 aromatic heterocycles. The minimum absolute atomic E-state index is 0.209. The minimum atomic E-state index is -0.302. The van der Waals surface area contributed by atoms with Gasteiger partial charge in [-0.15, -0.1) is 0 Å². The summed E-state index contributed by atoms with van der Waals surface area (Å²) in [5.74, 6) is 0.952. The summed E-state index contributed by atoms with van der Waals surface area (Å²) in [5, 5.41) is 4.30. The van der Waals surface area contributed by atoms with Gasteiger partial charge in [0.05, 0.1) is 0 Å². The van der Waals surface area contributed by atoms with E-state index < -0.39 is 0 Å². The summed E-state index contributed by atoms with van der Waals surface area (Å²) in [7, 11) is 0. The van der Waals surface area contributed by atoms with Crippen molar-refractivity contribution in [2.45, 2.75) is 19.9 Å². The first-order chi connectivity index (χ1) is 15.7. The summed E-state index contributed by atoms with van der Waals surface area (Å²) < 4.78 is 12.6. The van der Waals surface area contributed by atoms with Gasteiger partial charge in [0.2, 0.25) is 0 Å². The fraction of sp³-hybridized carbons (Fsp3) is 0.240. The molecule has 2 heterocycles. The van der Waals surface area contributed by atoms with Crippen molar-refractivity contribution in [3.05, 3.63) is 88.4 Å². The van der Waals surface area contributed by atoms with Gasteiger partial charge < -0.3 is 14.4 Å². The lowest BCUT2D eigenvalue weighted by atomic mass is 10.2. The SMILES string of the molecule is CCCn1nc(C(=O)N(C/C=C/c2ccccc2)c2ccc3c(c2)OCCO3)ccc1=O. The fourth-order valence-corrected chi connectivity index (χ4v) is 3.44. The van der Waals surface area contributed by atoms with Crippen LogP contribution in [0.15, 0.2) is 71.5 Å². The number of nitrogens with zero attached hydrogens (tertiary/aromatic N) is 3. The molecule has 0 N–H and O–H groups in total. The number of aryl methyl sites for hydroxylation is 1. The lowest BCUT2D eigenvalue weighted by molar-refractivity contribution is 0.0982. The lowest BCUT2D eigenvalue weighted by Gasteiger charge is -2.24. The number of rotatable bonds is 7. The molecule has 7 heteroatoms. The third kappa shape index (κ3) is 4.88. The maximum Gasteiger partial charge on any atom is 0.279 e. The summed E-state index contributed by atoms with van der Waals surface area (Å²) in [6.45, 7) is 3.69.